The van der Waals surface area contributed by atoms with Crippen molar-refractivity contribution < 1.29 is 14.3 Å². The van der Waals surface area contributed by atoms with Crippen LogP contribution in [-0.2, 0) is 9.59 Å². The Balaban J connectivity index is 1.84. The van der Waals surface area contributed by atoms with Crippen LogP contribution < -0.4 is 10.1 Å². The fraction of sp³-hybridized carbons (Fsp3) is 0.176. The van der Waals surface area contributed by atoms with Crippen molar-refractivity contribution in [2.24, 2.45) is 0 Å². The minimum Gasteiger partial charge on any atom is -0.483 e. The van der Waals surface area contributed by atoms with Crippen molar-refractivity contribution in [3.05, 3.63) is 58.0 Å². The Bertz CT molecular complexity index is 739. The Morgan fingerprint density at radius 2 is 1.83 bits per heavy atom. The van der Waals surface area contributed by atoms with Crippen LogP contribution in [0, 0.1) is 0 Å². The summed E-state index contributed by atoms with van der Waals surface area (Å²) in [5.74, 6) is -0.0697. The number of para-hydroxylation sites is 2. The van der Waals surface area contributed by atoms with E-state index in [1.165, 1.54) is 11.9 Å². The second kappa shape index (κ2) is 8.70. The molecule has 0 radical (unpaired) electrons. The van der Waals surface area contributed by atoms with E-state index in [0.717, 1.165) is 4.47 Å². The first-order chi connectivity index (χ1) is 11.5. The van der Waals surface area contributed by atoms with Gasteiger partial charge in [-0.1, -0.05) is 35.9 Å². The summed E-state index contributed by atoms with van der Waals surface area (Å²) >= 11 is 9.32. The molecule has 0 aliphatic heterocycles. The zero-order valence-corrected chi connectivity index (χ0v) is 15.3. The largest absolute Gasteiger partial charge is 0.483 e. The van der Waals surface area contributed by atoms with Crippen molar-refractivity contribution in [1.29, 1.82) is 0 Å². The van der Waals surface area contributed by atoms with Gasteiger partial charge in [-0.2, -0.15) is 0 Å². The summed E-state index contributed by atoms with van der Waals surface area (Å²) in [4.78, 5) is 25.4. The van der Waals surface area contributed by atoms with E-state index < -0.39 is 0 Å². The summed E-state index contributed by atoms with van der Waals surface area (Å²) in [6.07, 6.45) is 0. The minimum atomic E-state index is -0.333. The minimum absolute atomic E-state index is 0.0939. The second-order valence-electron chi connectivity index (χ2n) is 5.00. The zero-order chi connectivity index (χ0) is 17.5. The lowest BCUT2D eigenvalue weighted by Gasteiger charge is -2.17. The van der Waals surface area contributed by atoms with E-state index in [2.05, 4.69) is 21.2 Å². The van der Waals surface area contributed by atoms with Gasteiger partial charge < -0.3 is 15.0 Å². The van der Waals surface area contributed by atoms with Crippen molar-refractivity contribution in [3.8, 4) is 5.75 Å². The molecule has 24 heavy (non-hydrogen) atoms. The summed E-state index contributed by atoms with van der Waals surface area (Å²) < 4.78 is 6.21. The molecule has 0 aliphatic rings. The molecule has 2 rings (SSSR count). The summed E-state index contributed by atoms with van der Waals surface area (Å²) in [5, 5.41) is 3.11. The van der Waals surface area contributed by atoms with E-state index in [1.54, 1.807) is 30.3 Å². The molecule has 0 bridgehead atoms. The molecule has 0 aromatic heterocycles. The number of nitrogens with one attached hydrogen (secondary N) is 1. The van der Waals surface area contributed by atoms with Crippen LogP contribution in [0.4, 0.5) is 5.69 Å². The van der Waals surface area contributed by atoms with Gasteiger partial charge in [-0.05, 0) is 40.2 Å². The van der Waals surface area contributed by atoms with Crippen molar-refractivity contribution >= 4 is 45.0 Å². The van der Waals surface area contributed by atoms with E-state index in [1.807, 2.05) is 18.2 Å². The van der Waals surface area contributed by atoms with Crippen LogP contribution in [0.1, 0.15) is 0 Å². The monoisotopic (exact) mass is 410 g/mol. The van der Waals surface area contributed by atoms with E-state index >= 15 is 0 Å². The third-order valence-corrected chi connectivity index (χ3v) is 4.13. The lowest BCUT2D eigenvalue weighted by molar-refractivity contribution is -0.135. The van der Waals surface area contributed by atoms with Crippen LogP contribution >= 0.6 is 27.5 Å². The van der Waals surface area contributed by atoms with Crippen molar-refractivity contribution in [3.63, 3.8) is 0 Å². The van der Waals surface area contributed by atoms with Gasteiger partial charge in [0.1, 0.15) is 5.75 Å². The summed E-state index contributed by atoms with van der Waals surface area (Å²) in [7, 11) is 1.54. The summed E-state index contributed by atoms with van der Waals surface area (Å²) in [6.45, 7) is -0.248. The average Bonchev–Trinajstić information content (AvgIpc) is 2.56. The number of carbonyl (C=O) groups is 2. The molecule has 0 fully saturated rings. The molecule has 126 valence electrons. The number of rotatable bonds is 6. The molecule has 0 heterocycles. The lowest BCUT2D eigenvalue weighted by atomic mass is 10.3. The Morgan fingerprint density at radius 3 is 2.54 bits per heavy atom. The number of anilines is 1. The Kier molecular flexibility index (Phi) is 6.63. The van der Waals surface area contributed by atoms with Crippen LogP contribution in [0.5, 0.6) is 5.75 Å². The fourth-order valence-corrected chi connectivity index (χ4v) is 2.45. The molecule has 0 aliphatic carbocycles. The van der Waals surface area contributed by atoms with Gasteiger partial charge in [-0.25, -0.2) is 0 Å². The van der Waals surface area contributed by atoms with Crippen molar-refractivity contribution in [2.45, 2.75) is 0 Å². The van der Waals surface area contributed by atoms with Gasteiger partial charge in [-0.3, -0.25) is 9.59 Å². The zero-order valence-electron chi connectivity index (χ0n) is 13.0. The Morgan fingerprint density at radius 1 is 1.17 bits per heavy atom. The molecule has 0 saturated carbocycles. The highest BCUT2D eigenvalue weighted by Crippen LogP contribution is 2.23. The van der Waals surface area contributed by atoms with E-state index in [9.17, 15) is 9.59 Å². The van der Waals surface area contributed by atoms with Crippen molar-refractivity contribution in [2.75, 3.05) is 25.5 Å². The molecule has 5 nitrogen and oxygen atoms in total. The van der Waals surface area contributed by atoms with E-state index in [0.29, 0.717) is 16.5 Å². The first-order valence-electron chi connectivity index (χ1n) is 7.13. The number of carbonyl (C=O) groups excluding carboxylic acids is 2. The first kappa shape index (κ1) is 18.3. The second-order valence-corrected chi connectivity index (χ2v) is 6.26. The van der Waals surface area contributed by atoms with Gasteiger partial charge in [0.2, 0.25) is 5.91 Å². The van der Waals surface area contributed by atoms with Crippen LogP contribution in [-0.4, -0.2) is 36.9 Å². The predicted molar refractivity (Wildman–Crippen MR) is 97.4 cm³/mol. The molecule has 0 unspecified atom stereocenters. The molecule has 2 amide bonds. The fourth-order valence-electron chi connectivity index (χ4n) is 1.87. The van der Waals surface area contributed by atoms with Crippen LogP contribution in [0.3, 0.4) is 0 Å². The highest BCUT2D eigenvalue weighted by atomic mass is 79.9. The number of hydrogen-bond acceptors (Lipinski definition) is 3. The maximum absolute atomic E-state index is 12.1. The molecule has 0 atom stereocenters. The number of amides is 2. The number of likely N-dealkylation sites (N-methyl/N-ethyl adjacent to an activating group) is 1. The van der Waals surface area contributed by atoms with Crippen LogP contribution in [0.15, 0.2) is 53.0 Å². The van der Waals surface area contributed by atoms with E-state index in [4.69, 9.17) is 16.3 Å². The molecule has 1 N–H and O–H groups in total. The standard InChI is InChI=1S/C17H16BrClN2O3/c1-21(10-16(22)20-14-8-4-3-7-13(14)19)17(23)11-24-15-9-5-2-6-12(15)18/h2-9H,10-11H2,1H3,(H,20,22). The number of benzene rings is 2. The molecular formula is C17H16BrClN2O3. The smallest absolute Gasteiger partial charge is 0.260 e. The van der Waals surface area contributed by atoms with Gasteiger partial charge in [0, 0.05) is 7.05 Å². The number of halogens is 2. The average molecular weight is 412 g/mol. The first-order valence-corrected chi connectivity index (χ1v) is 8.30. The SMILES string of the molecule is CN(CC(=O)Nc1ccccc1Cl)C(=O)COc1ccccc1Br. The highest BCUT2D eigenvalue weighted by molar-refractivity contribution is 9.10. The topological polar surface area (TPSA) is 58.6 Å². The number of ether oxygens (including phenoxy) is 1. The number of hydrogen-bond donors (Lipinski definition) is 1. The Hall–Kier alpha value is -2.05. The Labute approximate surface area is 153 Å². The van der Waals surface area contributed by atoms with Gasteiger partial charge in [0.25, 0.3) is 5.91 Å². The molecule has 2 aromatic rings. The maximum atomic E-state index is 12.1. The molecule has 2 aromatic carbocycles. The number of nitrogens with zero attached hydrogens (tertiary/aromatic N) is 1. The summed E-state index contributed by atoms with van der Waals surface area (Å²) in [6, 6.07) is 14.1. The lowest BCUT2D eigenvalue weighted by Crippen LogP contribution is -2.37. The van der Waals surface area contributed by atoms with E-state index in [-0.39, 0.29) is 25.0 Å². The highest BCUT2D eigenvalue weighted by Gasteiger charge is 2.15. The predicted octanol–water partition coefficient (Wildman–Crippen LogP) is 3.58. The van der Waals surface area contributed by atoms with Gasteiger partial charge in [0.05, 0.1) is 21.7 Å². The molecule has 7 heteroatoms. The van der Waals surface area contributed by atoms with Gasteiger partial charge in [-0.15, -0.1) is 0 Å². The quantitative estimate of drug-likeness (QED) is 0.790. The van der Waals surface area contributed by atoms with Crippen LogP contribution in [0.2, 0.25) is 5.02 Å². The normalized spacial score (nSPS) is 10.1. The molecule has 0 saturated heterocycles. The third-order valence-electron chi connectivity index (χ3n) is 3.14. The van der Waals surface area contributed by atoms with Crippen molar-refractivity contribution in [1.82, 2.24) is 4.90 Å². The molecular weight excluding hydrogens is 396 g/mol. The maximum Gasteiger partial charge on any atom is 0.260 e. The van der Waals surface area contributed by atoms with Gasteiger partial charge in [0.15, 0.2) is 6.61 Å². The molecule has 0 spiro atoms. The van der Waals surface area contributed by atoms with Gasteiger partial charge >= 0.3 is 0 Å². The summed E-state index contributed by atoms with van der Waals surface area (Å²) in [5.41, 5.74) is 0.509. The third kappa shape index (κ3) is 5.25. The van der Waals surface area contributed by atoms with Crippen LogP contribution in [0.25, 0.3) is 0 Å².